The molecule has 128 valence electrons. The van der Waals surface area contributed by atoms with Crippen molar-refractivity contribution in [2.45, 2.75) is 32.3 Å². The molecule has 3 heterocycles. The summed E-state index contributed by atoms with van der Waals surface area (Å²) in [5.41, 5.74) is 1.69. The number of amides is 1. The quantitative estimate of drug-likeness (QED) is 0.719. The van der Waals surface area contributed by atoms with E-state index in [1.165, 1.54) is 0 Å². The standard InChI is InChI=1S/C16H22N6O2/c1-11-13(12(2)21-20-11)7-15(23)19-9-16(24)3-6-22(10-16)14-8-17-4-5-18-14/h4-5,8,24H,3,6-7,9-10H2,1-2H3,(H,19,23)(H,20,21). The van der Waals surface area contributed by atoms with Gasteiger partial charge >= 0.3 is 0 Å². The molecule has 1 amide bonds. The average molecular weight is 330 g/mol. The van der Waals surface area contributed by atoms with Crippen LogP contribution in [0.5, 0.6) is 0 Å². The molecule has 8 nitrogen and oxygen atoms in total. The first-order valence-corrected chi connectivity index (χ1v) is 7.97. The first kappa shape index (κ1) is 16.4. The second-order valence-corrected chi connectivity index (χ2v) is 6.33. The van der Waals surface area contributed by atoms with E-state index in [-0.39, 0.29) is 18.9 Å². The molecule has 0 bridgehead atoms. The van der Waals surface area contributed by atoms with Crippen molar-refractivity contribution in [1.29, 1.82) is 0 Å². The van der Waals surface area contributed by atoms with Crippen LogP contribution in [0.15, 0.2) is 18.6 Å². The molecule has 0 aliphatic carbocycles. The van der Waals surface area contributed by atoms with Crippen LogP contribution in [0.1, 0.15) is 23.4 Å². The summed E-state index contributed by atoms with van der Waals surface area (Å²) in [7, 11) is 0. The molecule has 3 rings (SSSR count). The van der Waals surface area contributed by atoms with Gasteiger partial charge in [-0.2, -0.15) is 5.10 Å². The average Bonchev–Trinajstić information content (AvgIpc) is 3.12. The van der Waals surface area contributed by atoms with E-state index >= 15 is 0 Å². The van der Waals surface area contributed by atoms with Crippen LogP contribution in [0.25, 0.3) is 0 Å². The lowest BCUT2D eigenvalue weighted by molar-refractivity contribution is -0.121. The van der Waals surface area contributed by atoms with E-state index in [4.69, 9.17) is 0 Å². The highest BCUT2D eigenvalue weighted by atomic mass is 16.3. The van der Waals surface area contributed by atoms with Gasteiger partial charge in [-0.25, -0.2) is 4.98 Å². The van der Waals surface area contributed by atoms with Gasteiger partial charge in [0.15, 0.2) is 0 Å². The number of aromatic amines is 1. The molecule has 3 N–H and O–H groups in total. The van der Waals surface area contributed by atoms with E-state index in [9.17, 15) is 9.90 Å². The molecule has 1 atom stereocenters. The van der Waals surface area contributed by atoms with Crippen molar-refractivity contribution in [1.82, 2.24) is 25.5 Å². The number of aliphatic hydroxyl groups is 1. The number of hydrogen-bond acceptors (Lipinski definition) is 6. The highest BCUT2D eigenvalue weighted by molar-refractivity contribution is 5.79. The number of nitrogens with one attached hydrogen (secondary N) is 2. The number of β-amino-alcohol motifs (C(OH)–C–C–N with tert-alkyl or cyclic N) is 1. The Hall–Kier alpha value is -2.48. The number of hydrogen-bond donors (Lipinski definition) is 3. The Kier molecular flexibility index (Phi) is 4.48. The minimum Gasteiger partial charge on any atom is -0.386 e. The Balaban J connectivity index is 1.54. The molecule has 1 fully saturated rings. The molecular formula is C16H22N6O2. The van der Waals surface area contributed by atoms with Crippen LogP contribution in [-0.2, 0) is 11.2 Å². The first-order chi connectivity index (χ1) is 11.5. The largest absolute Gasteiger partial charge is 0.386 e. The van der Waals surface area contributed by atoms with Gasteiger partial charge in [-0.15, -0.1) is 0 Å². The van der Waals surface area contributed by atoms with Crippen LogP contribution >= 0.6 is 0 Å². The monoisotopic (exact) mass is 330 g/mol. The minimum atomic E-state index is -0.951. The van der Waals surface area contributed by atoms with Crippen molar-refractivity contribution >= 4 is 11.7 Å². The van der Waals surface area contributed by atoms with Crippen molar-refractivity contribution in [3.63, 3.8) is 0 Å². The Morgan fingerprint density at radius 2 is 2.29 bits per heavy atom. The topological polar surface area (TPSA) is 107 Å². The zero-order chi connectivity index (χ0) is 17.2. The van der Waals surface area contributed by atoms with Gasteiger partial charge in [0.1, 0.15) is 11.4 Å². The zero-order valence-electron chi connectivity index (χ0n) is 13.9. The van der Waals surface area contributed by atoms with E-state index in [1.807, 2.05) is 18.7 Å². The maximum Gasteiger partial charge on any atom is 0.224 e. The zero-order valence-corrected chi connectivity index (χ0v) is 13.9. The molecule has 1 saturated heterocycles. The molecule has 0 spiro atoms. The lowest BCUT2D eigenvalue weighted by Gasteiger charge is -2.24. The smallest absolute Gasteiger partial charge is 0.224 e. The molecular weight excluding hydrogens is 308 g/mol. The second-order valence-electron chi connectivity index (χ2n) is 6.33. The predicted molar refractivity (Wildman–Crippen MR) is 88.6 cm³/mol. The van der Waals surface area contributed by atoms with Gasteiger partial charge < -0.3 is 15.3 Å². The van der Waals surface area contributed by atoms with Crippen LogP contribution in [0.4, 0.5) is 5.82 Å². The summed E-state index contributed by atoms with van der Waals surface area (Å²) >= 11 is 0. The molecule has 24 heavy (non-hydrogen) atoms. The molecule has 2 aromatic heterocycles. The Labute approximate surface area is 140 Å². The van der Waals surface area contributed by atoms with E-state index < -0.39 is 5.60 Å². The summed E-state index contributed by atoms with van der Waals surface area (Å²) in [5, 5.41) is 20.5. The highest BCUT2D eigenvalue weighted by Crippen LogP contribution is 2.24. The van der Waals surface area contributed by atoms with Crippen LogP contribution < -0.4 is 10.2 Å². The summed E-state index contributed by atoms with van der Waals surface area (Å²) in [5.74, 6) is 0.623. The molecule has 1 unspecified atom stereocenters. The van der Waals surface area contributed by atoms with Gasteiger partial charge in [0.25, 0.3) is 0 Å². The van der Waals surface area contributed by atoms with E-state index in [1.54, 1.807) is 18.6 Å². The number of anilines is 1. The normalized spacial score (nSPS) is 20.4. The first-order valence-electron chi connectivity index (χ1n) is 7.97. The molecule has 2 aromatic rings. The van der Waals surface area contributed by atoms with Gasteiger partial charge in [-0.1, -0.05) is 0 Å². The van der Waals surface area contributed by atoms with Crippen molar-refractivity contribution in [2.24, 2.45) is 0 Å². The summed E-state index contributed by atoms with van der Waals surface area (Å²) in [6, 6.07) is 0. The van der Waals surface area contributed by atoms with Crippen LogP contribution in [0, 0.1) is 13.8 Å². The van der Waals surface area contributed by atoms with Gasteiger partial charge in [0.2, 0.25) is 5.91 Å². The van der Waals surface area contributed by atoms with Crippen LogP contribution in [-0.4, -0.2) is 56.4 Å². The number of aromatic nitrogens is 4. The molecule has 1 aliphatic heterocycles. The molecule has 0 radical (unpaired) electrons. The van der Waals surface area contributed by atoms with Crippen molar-refractivity contribution < 1.29 is 9.90 Å². The predicted octanol–water partition coefficient (Wildman–Crippen LogP) is 0.117. The van der Waals surface area contributed by atoms with E-state index in [0.717, 1.165) is 22.8 Å². The van der Waals surface area contributed by atoms with Crippen molar-refractivity contribution in [3.8, 4) is 0 Å². The third-order valence-corrected chi connectivity index (χ3v) is 4.44. The fourth-order valence-corrected chi connectivity index (χ4v) is 2.97. The summed E-state index contributed by atoms with van der Waals surface area (Å²) in [6.07, 6.45) is 5.76. The molecule has 0 saturated carbocycles. The minimum absolute atomic E-state index is 0.117. The molecule has 1 aliphatic rings. The Morgan fingerprint density at radius 1 is 1.46 bits per heavy atom. The van der Waals surface area contributed by atoms with Gasteiger partial charge in [-0.05, 0) is 20.3 Å². The summed E-state index contributed by atoms with van der Waals surface area (Å²) in [6.45, 7) is 5.10. The maximum absolute atomic E-state index is 12.2. The lowest BCUT2D eigenvalue weighted by atomic mass is 10.0. The van der Waals surface area contributed by atoms with Crippen LogP contribution in [0.3, 0.4) is 0 Å². The fraction of sp³-hybridized carbons (Fsp3) is 0.500. The van der Waals surface area contributed by atoms with Crippen LogP contribution in [0.2, 0.25) is 0 Å². The summed E-state index contributed by atoms with van der Waals surface area (Å²) < 4.78 is 0. The Bertz CT molecular complexity index is 697. The number of nitrogens with zero attached hydrogens (tertiary/aromatic N) is 4. The van der Waals surface area contributed by atoms with Crippen molar-refractivity contribution in [3.05, 3.63) is 35.5 Å². The number of aryl methyl sites for hydroxylation is 2. The van der Waals surface area contributed by atoms with Gasteiger partial charge in [-0.3, -0.25) is 14.9 Å². The number of rotatable bonds is 5. The molecule has 0 aromatic carbocycles. The van der Waals surface area contributed by atoms with E-state index in [0.29, 0.717) is 19.5 Å². The van der Waals surface area contributed by atoms with Gasteiger partial charge in [0, 0.05) is 43.3 Å². The maximum atomic E-state index is 12.2. The number of carbonyl (C=O) groups is 1. The number of carbonyl (C=O) groups excluding carboxylic acids is 1. The Morgan fingerprint density at radius 3 is 2.96 bits per heavy atom. The third kappa shape index (κ3) is 3.53. The SMILES string of the molecule is Cc1n[nH]c(C)c1CC(=O)NCC1(O)CCN(c2cnccn2)C1. The highest BCUT2D eigenvalue weighted by Gasteiger charge is 2.37. The van der Waals surface area contributed by atoms with Gasteiger partial charge in [0.05, 0.1) is 18.3 Å². The number of H-pyrrole nitrogens is 1. The molecule has 8 heteroatoms. The summed E-state index contributed by atoms with van der Waals surface area (Å²) in [4.78, 5) is 22.4. The van der Waals surface area contributed by atoms with Crippen molar-refractivity contribution in [2.75, 3.05) is 24.5 Å². The lowest BCUT2D eigenvalue weighted by Crippen LogP contribution is -2.45. The fourth-order valence-electron chi connectivity index (χ4n) is 2.97. The second kappa shape index (κ2) is 6.56. The van der Waals surface area contributed by atoms with E-state index in [2.05, 4.69) is 25.5 Å². The third-order valence-electron chi connectivity index (χ3n) is 4.44.